The number of primary amides is 1. The number of anilines is 1. The van der Waals surface area contributed by atoms with Crippen LogP contribution in [0.3, 0.4) is 0 Å². The van der Waals surface area contributed by atoms with E-state index in [-0.39, 0.29) is 0 Å². The van der Waals surface area contributed by atoms with Crippen molar-refractivity contribution in [3.05, 3.63) is 48.8 Å². The van der Waals surface area contributed by atoms with E-state index in [1.54, 1.807) is 30.2 Å². The van der Waals surface area contributed by atoms with E-state index in [9.17, 15) is 4.79 Å². The molecule has 17 heavy (non-hydrogen) atoms. The molecule has 0 bridgehead atoms. The average molecular weight is 245 g/mol. The van der Waals surface area contributed by atoms with Gasteiger partial charge >= 0.3 is 6.03 Å². The topological polar surface area (TPSA) is 68.0 Å². The maximum absolute atomic E-state index is 10.7. The third kappa shape index (κ3) is 3.49. The zero-order valence-corrected chi connectivity index (χ0v) is 9.78. The normalized spacial score (nSPS) is 9.88. The molecule has 2 amide bonds. The van der Waals surface area contributed by atoms with Crippen molar-refractivity contribution in [1.29, 1.82) is 0 Å². The summed E-state index contributed by atoms with van der Waals surface area (Å²) in [6.45, 7) is 0. The van der Waals surface area contributed by atoms with Crippen LogP contribution >= 0.6 is 11.8 Å². The molecule has 0 fully saturated rings. The van der Waals surface area contributed by atoms with E-state index < -0.39 is 6.03 Å². The Balaban J connectivity index is 2.14. The number of aromatic nitrogens is 1. The van der Waals surface area contributed by atoms with Gasteiger partial charge < -0.3 is 11.1 Å². The number of benzene rings is 1. The second kappa shape index (κ2) is 5.36. The van der Waals surface area contributed by atoms with Crippen molar-refractivity contribution in [3.63, 3.8) is 0 Å². The molecule has 0 aliphatic carbocycles. The molecular formula is C12H11N3OS. The Morgan fingerprint density at radius 1 is 1.18 bits per heavy atom. The number of nitrogens with zero attached hydrogens (tertiary/aromatic N) is 1. The first-order valence-corrected chi connectivity index (χ1v) is 5.80. The third-order valence-corrected chi connectivity index (χ3v) is 2.98. The van der Waals surface area contributed by atoms with Crippen molar-refractivity contribution < 1.29 is 4.79 Å². The van der Waals surface area contributed by atoms with Gasteiger partial charge in [0.15, 0.2) is 0 Å². The van der Waals surface area contributed by atoms with Gasteiger partial charge in [-0.05, 0) is 30.3 Å². The van der Waals surface area contributed by atoms with Crippen LogP contribution < -0.4 is 11.1 Å². The molecule has 0 unspecified atom stereocenters. The SMILES string of the molecule is NC(=O)Nc1cccc(Sc2ccncc2)c1. The first-order valence-electron chi connectivity index (χ1n) is 4.98. The first kappa shape index (κ1) is 11.5. The van der Waals surface area contributed by atoms with E-state index >= 15 is 0 Å². The van der Waals surface area contributed by atoms with E-state index in [0.29, 0.717) is 5.69 Å². The fourth-order valence-electron chi connectivity index (χ4n) is 1.32. The molecule has 3 N–H and O–H groups in total. The third-order valence-electron chi connectivity index (χ3n) is 1.99. The Kier molecular flexibility index (Phi) is 3.62. The molecule has 0 spiro atoms. The summed E-state index contributed by atoms with van der Waals surface area (Å²) in [5, 5.41) is 2.54. The van der Waals surface area contributed by atoms with E-state index in [2.05, 4.69) is 10.3 Å². The van der Waals surface area contributed by atoms with Crippen LogP contribution in [0.4, 0.5) is 10.5 Å². The van der Waals surface area contributed by atoms with Crippen molar-refractivity contribution in [2.45, 2.75) is 9.79 Å². The molecule has 0 radical (unpaired) electrons. The minimum Gasteiger partial charge on any atom is -0.351 e. The van der Waals surface area contributed by atoms with Crippen LogP contribution in [-0.4, -0.2) is 11.0 Å². The van der Waals surface area contributed by atoms with Gasteiger partial charge in [0, 0.05) is 27.9 Å². The van der Waals surface area contributed by atoms with Gasteiger partial charge in [-0.25, -0.2) is 4.79 Å². The molecule has 0 saturated heterocycles. The zero-order chi connectivity index (χ0) is 12.1. The molecule has 1 heterocycles. The van der Waals surface area contributed by atoms with Gasteiger partial charge in [0.2, 0.25) is 0 Å². The van der Waals surface area contributed by atoms with Gasteiger partial charge in [-0.1, -0.05) is 17.8 Å². The van der Waals surface area contributed by atoms with Crippen molar-refractivity contribution in [3.8, 4) is 0 Å². The van der Waals surface area contributed by atoms with Gasteiger partial charge in [0.05, 0.1) is 0 Å². The van der Waals surface area contributed by atoms with Crippen LogP contribution in [0, 0.1) is 0 Å². The molecule has 0 saturated carbocycles. The second-order valence-corrected chi connectivity index (χ2v) is 4.45. The van der Waals surface area contributed by atoms with Crippen LogP contribution in [0.1, 0.15) is 0 Å². The van der Waals surface area contributed by atoms with Gasteiger partial charge in [0.1, 0.15) is 0 Å². The van der Waals surface area contributed by atoms with Crippen molar-refractivity contribution in [1.82, 2.24) is 4.98 Å². The number of carbonyl (C=O) groups excluding carboxylic acids is 1. The van der Waals surface area contributed by atoms with Crippen molar-refractivity contribution in [2.24, 2.45) is 5.73 Å². The lowest BCUT2D eigenvalue weighted by atomic mass is 10.3. The van der Waals surface area contributed by atoms with E-state index in [4.69, 9.17) is 5.73 Å². The maximum atomic E-state index is 10.7. The lowest BCUT2D eigenvalue weighted by Gasteiger charge is -2.05. The smallest absolute Gasteiger partial charge is 0.316 e. The van der Waals surface area contributed by atoms with Crippen LogP contribution in [-0.2, 0) is 0 Å². The number of amides is 2. The highest BCUT2D eigenvalue weighted by Gasteiger charge is 2.00. The highest BCUT2D eigenvalue weighted by Crippen LogP contribution is 2.28. The summed E-state index contributed by atoms with van der Waals surface area (Å²) in [7, 11) is 0. The van der Waals surface area contributed by atoms with Gasteiger partial charge in [0.25, 0.3) is 0 Å². The molecule has 2 aromatic rings. The summed E-state index contributed by atoms with van der Waals surface area (Å²) in [6.07, 6.45) is 3.49. The van der Waals surface area contributed by atoms with Crippen LogP contribution in [0.15, 0.2) is 58.6 Å². The van der Waals surface area contributed by atoms with Gasteiger partial charge in [-0.15, -0.1) is 0 Å². The summed E-state index contributed by atoms with van der Waals surface area (Å²) >= 11 is 1.60. The van der Waals surface area contributed by atoms with Gasteiger partial charge in [-0.2, -0.15) is 0 Å². The molecule has 1 aromatic carbocycles. The molecule has 0 atom stereocenters. The van der Waals surface area contributed by atoms with Crippen molar-refractivity contribution in [2.75, 3.05) is 5.32 Å². The number of nitrogens with one attached hydrogen (secondary N) is 1. The molecule has 0 aliphatic rings. The minimum atomic E-state index is -0.559. The summed E-state index contributed by atoms with van der Waals surface area (Å²) < 4.78 is 0. The standard InChI is InChI=1S/C12H11N3OS/c13-12(16)15-9-2-1-3-11(8-9)17-10-4-6-14-7-5-10/h1-8H,(H3,13,15,16). The molecule has 86 valence electrons. The Labute approximate surface area is 103 Å². The largest absolute Gasteiger partial charge is 0.351 e. The Morgan fingerprint density at radius 2 is 1.94 bits per heavy atom. The Bertz CT molecular complexity index is 516. The van der Waals surface area contributed by atoms with Crippen LogP contribution in [0.5, 0.6) is 0 Å². The van der Waals surface area contributed by atoms with Crippen LogP contribution in [0.25, 0.3) is 0 Å². The second-order valence-electron chi connectivity index (χ2n) is 3.30. The van der Waals surface area contributed by atoms with E-state index in [1.807, 2.05) is 30.3 Å². The monoisotopic (exact) mass is 245 g/mol. The van der Waals surface area contributed by atoms with E-state index in [0.717, 1.165) is 9.79 Å². The average Bonchev–Trinajstić information content (AvgIpc) is 2.30. The Hall–Kier alpha value is -2.01. The number of nitrogens with two attached hydrogens (primary N) is 1. The summed E-state index contributed by atoms with van der Waals surface area (Å²) in [5.41, 5.74) is 5.75. The number of carbonyl (C=O) groups is 1. The molecule has 1 aromatic heterocycles. The lowest BCUT2D eigenvalue weighted by Crippen LogP contribution is -2.19. The lowest BCUT2D eigenvalue weighted by molar-refractivity contribution is 0.259. The molecule has 0 aliphatic heterocycles. The Morgan fingerprint density at radius 3 is 2.65 bits per heavy atom. The maximum Gasteiger partial charge on any atom is 0.316 e. The first-order chi connectivity index (χ1) is 8.24. The number of urea groups is 1. The molecule has 2 rings (SSSR count). The number of pyridine rings is 1. The quantitative estimate of drug-likeness (QED) is 0.873. The van der Waals surface area contributed by atoms with Gasteiger partial charge in [-0.3, -0.25) is 4.98 Å². The summed E-state index contributed by atoms with van der Waals surface area (Å²) in [6, 6.07) is 10.8. The number of hydrogen-bond acceptors (Lipinski definition) is 3. The fourth-order valence-corrected chi connectivity index (χ4v) is 2.18. The fraction of sp³-hybridized carbons (Fsp3) is 0. The van der Waals surface area contributed by atoms with Crippen molar-refractivity contribution >= 4 is 23.5 Å². The molecular weight excluding hydrogens is 234 g/mol. The summed E-state index contributed by atoms with van der Waals surface area (Å²) in [4.78, 5) is 16.8. The zero-order valence-electron chi connectivity index (χ0n) is 8.96. The summed E-state index contributed by atoms with van der Waals surface area (Å²) in [5.74, 6) is 0. The highest BCUT2D eigenvalue weighted by molar-refractivity contribution is 7.99. The van der Waals surface area contributed by atoms with Crippen LogP contribution in [0.2, 0.25) is 0 Å². The number of hydrogen-bond donors (Lipinski definition) is 2. The minimum absolute atomic E-state index is 0.559. The number of rotatable bonds is 3. The predicted molar refractivity (Wildman–Crippen MR) is 68.0 cm³/mol. The van der Waals surface area contributed by atoms with E-state index in [1.165, 1.54) is 0 Å². The predicted octanol–water partition coefficient (Wildman–Crippen LogP) is 2.72. The highest BCUT2D eigenvalue weighted by atomic mass is 32.2. The molecule has 4 nitrogen and oxygen atoms in total. The molecule has 5 heteroatoms.